The summed E-state index contributed by atoms with van der Waals surface area (Å²) in [5.41, 5.74) is 0.749. The van der Waals surface area contributed by atoms with E-state index in [1.165, 1.54) is 31.7 Å². The van der Waals surface area contributed by atoms with Crippen LogP contribution >= 0.6 is 11.6 Å². The van der Waals surface area contributed by atoms with Gasteiger partial charge in [-0.05, 0) is 43.9 Å². The summed E-state index contributed by atoms with van der Waals surface area (Å²) in [6.07, 6.45) is 5.36. The van der Waals surface area contributed by atoms with Crippen LogP contribution in [0.4, 0.5) is 5.69 Å². The molecule has 0 bridgehead atoms. The highest BCUT2D eigenvalue weighted by molar-refractivity contribution is 7.80. The van der Waals surface area contributed by atoms with E-state index in [2.05, 4.69) is 16.5 Å². The average Bonchev–Trinajstić information content (AvgIpc) is 3.07. The summed E-state index contributed by atoms with van der Waals surface area (Å²) in [5, 5.41) is 0.256. The van der Waals surface area contributed by atoms with Crippen molar-refractivity contribution in [1.82, 2.24) is 9.80 Å². The van der Waals surface area contributed by atoms with E-state index in [9.17, 15) is 13.6 Å². The van der Waals surface area contributed by atoms with E-state index in [0.29, 0.717) is 17.8 Å². The van der Waals surface area contributed by atoms with Crippen molar-refractivity contribution in [2.75, 3.05) is 30.9 Å². The molecule has 1 aromatic carbocycles. The maximum absolute atomic E-state index is 12.9. The molecule has 1 aliphatic carbocycles. The number of anilines is 1. The van der Waals surface area contributed by atoms with Gasteiger partial charge in [0.1, 0.15) is 0 Å². The number of carbonyl (C=O) groups excluding carboxylic acids is 1. The molecule has 0 radical (unpaired) electrons. The van der Waals surface area contributed by atoms with Gasteiger partial charge in [-0.25, -0.2) is 0 Å². The Hall–Kier alpha value is -1.15. The van der Waals surface area contributed by atoms with Crippen LogP contribution in [-0.4, -0.2) is 56.7 Å². The van der Waals surface area contributed by atoms with Crippen molar-refractivity contribution in [3.8, 4) is 0 Å². The van der Waals surface area contributed by atoms with Gasteiger partial charge in [0.05, 0.1) is 10.6 Å². The fourth-order valence-corrected chi connectivity index (χ4v) is 4.64. The van der Waals surface area contributed by atoms with Crippen molar-refractivity contribution in [2.24, 2.45) is 5.92 Å². The first-order valence-electron chi connectivity index (χ1n) is 9.13. The van der Waals surface area contributed by atoms with E-state index < -0.39 is 11.3 Å². The Morgan fingerprint density at radius 3 is 2.69 bits per heavy atom. The zero-order valence-corrected chi connectivity index (χ0v) is 16.5. The first kappa shape index (κ1) is 19.6. The van der Waals surface area contributed by atoms with Gasteiger partial charge in [0.25, 0.3) is 5.91 Å². The van der Waals surface area contributed by atoms with E-state index in [-0.39, 0.29) is 17.0 Å². The zero-order chi connectivity index (χ0) is 18.7. The predicted octanol–water partition coefficient (Wildman–Crippen LogP) is 2.88. The molecular weight excluding hydrogens is 374 g/mol. The number of nitrogens with zero attached hydrogens (tertiary/aromatic N) is 2. The largest absolute Gasteiger partial charge is 0.755 e. The minimum absolute atomic E-state index is 0.0992. The Morgan fingerprint density at radius 2 is 2.08 bits per heavy atom. The molecule has 1 N–H and O–H groups in total. The van der Waals surface area contributed by atoms with Gasteiger partial charge in [0.2, 0.25) is 0 Å². The van der Waals surface area contributed by atoms with Crippen molar-refractivity contribution in [2.45, 2.75) is 38.6 Å². The molecule has 2 atom stereocenters. The van der Waals surface area contributed by atoms with Crippen LogP contribution in [0.5, 0.6) is 0 Å². The Morgan fingerprint density at radius 1 is 1.35 bits per heavy atom. The molecule has 1 unspecified atom stereocenters. The third kappa shape index (κ3) is 4.76. The molecule has 2 aliphatic rings. The van der Waals surface area contributed by atoms with Gasteiger partial charge < -0.3 is 14.2 Å². The fourth-order valence-electron chi connectivity index (χ4n) is 4.06. The summed E-state index contributed by atoms with van der Waals surface area (Å²) in [6.45, 7) is 5.67. The van der Waals surface area contributed by atoms with Crippen molar-refractivity contribution in [3.05, 3.63) is 28.8 Å². The zero-order valence-electron chi connectivity index (χ0n) is 14.9. The second-order valence-corrected chi connectivity index (χ2v) is 8.37. The number of benzene rings is 1. The lowest BCUT2D eigenvalue weighted by molar-refractivity contribution is 0.0461. The van der Waals surface area contributed by atoms with Crippen LogP contribution in [0.2, 0.25) is 5.02 Å². The SMILES string of the molecule is C[C@H]1CN(CC2CCCC2)CCN1C(=O)c1ccc(NS(=O)[O-])cc1Cl. The quantitative estimate of drug-likeness (QED) is 0.774. The molecule has 1 aromatic rings. The van der Waals surface area contributed by atoms with Gasteiger partial charge in [0, 0.05) is 49.2 Å². The lowest BCUT2D eigenvalue weighted by Crippen LogP contribution is -2.54. The van der Waals surface area contributed by atoms with Crippen molar-refractivity contribution in [3.63, 3.8) is 0 Å². The van der Waals surface area contributed by atoms with Crippen LogP contribution in [0, 0.1) is 5.92 Å². The first-order chi connectivity index (χ1) is 12.4. The van der Waals surface area contributed by atoms with Crippen LogP contribution in [0.15, 0.2) is 18.2 Å². The van der Waals surface area contributed by atoms with E-state index in [0.717, 1.165) is 25.6 Å². The third-order valence-corrected chi connectivity index (χ3v) is 6.08. The van der Waals surface area contributed by atoms with E-state index in [1.54, 1.807) is 12.1 Å². The highest BCUT2D eigenvalue weighted by Gasteiger charge is 2.30. The Balaban J connectivity index is 1.62. The average molecular weight is 399 g/mol. The standard InChI is InChI=1S/C18H26ClN3O3S/c1-13-11-21(12-14-4-2-3-5-14)8-9-22(13)18(23)16-7-6-15(10-17(16)19)20-26(24)25/h6-7,10,13-14,20H,2-5,8-9,11-12H2,1H3,(H,24,25)/p-1/t13-/m0/s1. The minimum Gasteiger partial charge on any atom is -0.755 e. The topological polar surface area (TPSA) is 75.7 Å². The molecule has 1 saturated heterocycles. The Kier molecular flexibility index (Phi) is 6.55. The third-order valence-electron chi connectivity index (χ3n) is 5.36. The molecule has 1 saturated carbocycles. The number of piperazine rings is 1. The number of hydrogen-bond donors (Lipinski definition) is 1. The molecule has 6 nitrogen and oxygen atoms in total. The maximum Gasteiger partial charge on any atom is 0.255 e. The van der Waals surface area contributed by atoms with Crippen molar-refractivity contribution < 1.29 is 13.6 Å². The summed E-state index contributed by atoms with van der Waals surface area (Å²) < 4.78 is 23.7. The minimum atomic E-state index is -2.42. The molecule has 0 spiro atoms. The lowest BCUT2D eigenvalue weighted by atomic mass is 10.1. The molecule has 26 heavy (non-hydrogen) atoms. The smallest absolute Gasteiger partial charge is 0.255 e. The summed E-state index contributed by atoms with van der Waals surface area (Å²) in [4.78, 5) is 17.2. The van der Waals surface area contributed by atoms with E-state index >= 15 is 0 Å². The maximum atomic E-state index is 12.9. The number of carbonyl (C=O) groups is 1. The summed E-state index contributed by atoms with van der Waals surface area (Å²) in [7, 11) is 0. The lowest BCUT2D eigenvalue weighted by Gasteiger charge is -2.41. The molecule has 3 rings (SSSR count). The molecular formula is C18H25ClN3O3S-. The van der Waals surface area contributed by atoms with Gasteiger partial charge >= 0.3 is 0 Å². The first-order valence-corrected chi connectivity index (χ1v) is 10.6. The van der Waals surface area contributed by atoms with Crippen LogP contribution in [0.25, 0.3) is 0 Å². The predicted molar refractivity (Wildman–Crippen MR) is 103 cm³/mol. The molecule has 0 aromatic heterocycles. The normalized spacial score (nSPS) is 23.2. The summed E-state index contributed by atoms with van der Waals surface area (Å²) in [5.74, 6) is 0.711. The molecule has 1 amide bonds. The van der Waals surface area contributed by atoms with Crippen LogP contribution < -0.4 is 4.72 Å². The molecule has 2 fully saturated rings. The van der Waals surface area contributed by atoms with Crippen molar-refractivity contribution >= 4 is 34.5 Å². The van der Waals surface area contributed by atoms with Crippen LogP contribution in [0.1, 0.15) is 43.0 Å². The van der Waals surface area contributed by atoms with Crippen LogP contribution in [-0.2, 0) is 11.3 Å². The number of halogens is 1. The second kappa shape index (κ2) is 8.69. The molecule has 8 heteroatoms. The van der Waals surface area contributed by atoms with Crippen LogP contribution in [0.3, 0.4) is 0 Å². The highest BCUT2D eigenvalue weighted by atomic mass is 35.5. The number of nitrogens with one attached hydrogen (secondary N) is 1. The second-order valence-electron chi connectivity index (χ2n) is 7.29. The Labute approximate surface area is 162 Å². The summed E-state index contributed by atoms with van der Waals surface area (Å²) >= 11 is 3.80. The van der Waals surface area contributed by atoms with E-state index in [4.69, 9.17) is 11.6 Å². The molecule has 1 heterocycles. The highest BCUT2D eigenvalue weighted by Crippen LogP contribution is 2.27. The number of amides is 1. The fraction of sp³-hybridized carbons (Fsp3) is 0.611. The molecule has 144 valence electrons. The molecule has 1 aliphatic heterocycles. The van der Waals surface area contributed by atoms with Gasteiger partial charge in [-0.2, -0.15) is 0 Å². The monoisotopic (exact) mass is 398 g/mol. The Bertz CT molecular complexity index is 682. The number of hydrogen-bond acceptors (Lipinski definition) is 4. The van der Waals surface area contributed by atoms with Gasteiger partial charge in [-0.15, -0.1) is 0 Å². The van der Waals surface area contributed by atoms with Gasteiger partial charge in [0.15, 0.2) is 0 Å². The van der Waals surface area contributed by atoms with Gasteiger partial charge in [-0.3, -0.25) is 13.9 Å². The number of rotatable bonds is 5. The van der Waals surface area contributed by atoms with Gasteiger partial charge in [-0.1, -0.05) is 24.4 Å². The van der Waals surface area contributed by atoms with Crippen molar-refractivity contribution in [1.29, 1.82) is 0 Å². The van der Waals surface area contributed by atoms with E-state index in [1.807, 2.05) is 4.90 Å². The summed E-state index contributed by atoms with van der Waals surface area (Å²) in [6, 6.07) is 4.72.